The Hall–Kier alpha value is 2.17. The molecule has 0 aliphatic carbocycles. The zero-order valence-corrected chi connectivity index (χ0v) is 9.94. The fourth-order valence-corrected chi connectivity index (χ4v) is 0. The monoisotopic (exact) mass is 226 g/mol. The molecule has 0 aromatic carbocycles. The molecule has 0 saturated heterocycles. The molecule has 0 spiro atoms. The molecule has 6 nitrogen and oxygen atoms in total. The van der Waals surface area contributed by atoms with E-state index in [0.29, 0.717) is 0 Å². The number of hydrogen-bond donors (Lipinski definition) is 0. The summed E-state index contributed by atoms with van der Waals surface area (Å²) in [5.74, 6) is 0. The Morgan fingerprint density at radius 3 is 0.900 bits per heavy atom. The number of hydrogen-bond acceptors (Lipinski definition) is 6. The van der Waals surface area contributed by atoms with Crippen molar-refractivity contribution in [3.63, 3.8) is 0 Å². The summed E-state index contributed by atoms with van der Waals surface area (Å²) in [5.41, 5.74) is 0. The van der Waals surface area contributed by atoms with Crippen molar-refractivity contribution >= 4 is 83.5 Å². The van der Waals surface area contributed by atoms with E-state index in [-0.39, 0.29) is 63.6 Å². The summed E-state index contributed by atoms with van der Waals surface area (Å²) in [6.07, 6.45) is 0. The van der Waals surface area contributed by atoms with Crippen LogP contribution in [0, 0.1) is 0 Å². The van der Waals surface area contributed by atoms with E-state index in [1.165, 1.54) is 0 Å². The molecule has 0 aromatic rings. The largest absolute Gasteiger partial charge is 2.00 e. The summed E-state index contributed by atoms with van der Waals surface area (Å²) in [7, 11) is 0. The van der Waals surface area contributed by atoms with Gasteiger partial charge in [-0.15, -0.1) is 22.7 Å². The molecule has 10 heavy (non-hydrogen) atoms. The first-order valence-corrected chi connectivity index (χ1v) is 3.00. The molecule has 0 radical (unpaired) electrons. The molecular weight excluding hydrogens is 225 g/mol. The predicted molar refractivity (Wildman–Crippen MR) is 33.1 cm³/mol. The maximum Gasteiger partial charge on any atom is 2.00 e. The van der Waals surface area contributed by atoms with Crippen molar-refractivity contribution in [1.29, 1.82) is 0 Å². The van der Waals surface area contributed by atoms with Gasteiger partial charge in [-0.3, -0.25) is 8.42 Å². The minimum atomic E-state index is -3.11. The Kier molecular flexibility index (Phi) is 39.4. The van der Waals surface area contributed by atoms with Crippen LogP contribution in [-0.4, -0.2) is 87.4 Å². The molecule has 0 saturated carbocycles. The van der Waals surface area contributed by atoms with Crippen LogP contribution in [-0.2, 0) is 22.7 Å². The van der Waals surface area contributed by atoms with Gasteiger partial charge in [-0.25, -0.2) is 0 Å². The molecule has 0 aliphatic heterocycles. The van der Waals surface area contributed by atoms with Crippen LogP contribution in [0.2, 0.25) is 0 Å². The molecule has 0 amide bonds. The van der Waals surface area contributed by atoms with Crippen molar-refractivity contribution in [1.82, 2.24) is 0 Å². The van der Waals surface area contributed by atoms with Gasteiger partial charge in [0.25, 0.3) is 0 Å². The Morgan fingerprint density at radius 1 is 0.900 bits per heavy atom. The molecular formula is H2CaMgO6S2-2. The van der Waals surface area contributed by atoms with Crippen molar-refractivity contribution in [3.05, 3.63) is 0 Å². The predicted octanol–water partition coefficient (Wildman–Crippen LogP) is -2.54. The zero-order chi connectivity index (χ0) is 7.15. The van der Waals surface area contributed by atoms with E-state index in [4.69, 9.17) is 26.6 Å². The Balaban J connectivity index is -0.0000000112. The SMILES string of the molecule is O=S([O-])[O-].O=S([O-])[O-].[Ca+2].[H-].[H-].[Mg+2]. The van der Waals surface area contributed by atoms with Crippen LogP contribution >= 0.6 is 0 Å². The summed E-state index contributed by atoms with van der Waals surface area (Å²) in [6, 6.07) is 0. The third-order valence-corrected chi connectivity index (χ3v) is 0. The van der Waals surface area contributed by atoms with Gasteiger partial charge < -0.3 is 21.1 Å². The Labute approximate surface area is 111 Å². The first-order chi connectivity index (χ1) is 3.46. The van der Waals surface area contributed by atoms with E-state index in [2.05, 4.69) is 0 Å². The average Bonchev–Trinajstić information content (AvgIpc) is 1.25. The Bertz CT molecular complexity index is 81.5. The van der Waals surface area contributed by atoms with Crippen LogP contribution in [0.25, 0.3) is 0 Å². The van der Waals surface area contributed by atoms with Crippen molar-refractivity contribution in [3.8, 4) is 0 Å². The van der Waals surface area contributed by atoms with Gasteiger partial charge in [0.1, 0.15) is 0 Å². The van der Waals surface area contributed by atoms with Crippen molar-refractivity contribution < 1.29 is 29.5 Å². The minimum Gasteiger partial charge on any atom is -1.00 e. The molecule has 0 fully saturated rings. The third kappa shape index (κ3) is 182. The van der Waals surface area contributed by atoms with Gasteiger partial charge in [-0.05, 0) is 0 Å². The molecule has 10 heteroatoms. The van der Waals surface area contributed by atoms with Crippen LogP contribution in [0.1, 0.15) is 2.85 Å². The van der Waals surface area contributed by atoms with Gasteiger partial charge in [-0.1, -0.05) is 0 Å². The molecule has 0 N–H and O–H groups in total. The van der Waals surface area contributed by atoms with E-state index in [1.54, 1.807) is 0 Å². The smallest absolute Gasteiger partial charge is 1.00 e. The zero-order valence-electron chi connectivity index (χ0n) is 6.68. The summed E-state index contributed by atoms with van der Waals surface area (Å²) in [4.78, 5) is 0. The maximum atomic E-state index is 8.44. The van der Waals surface area contributed by atoms with Gasteiger partial charge in [0.15, 0.2) is 0 Å². The van der Waals surface area contributed by atoms with E-state index in [0.717, 1.165) is 0 Å². The first kappa shape index (κ1) is 22.7. The topological polar surface area (TPSA) is 126 Å². The third-order valence-electron chi connectivity index (χ3n) is 0. The molecule has 0 atom stereocenters. The maximum absolute atomic E-state index is 8.44. The summed E-state index contributed by atoms with van der Waals surface area (Å²) in [6.45, 7) is 0. The van der Waals surface area contributed by atoms with Crippen molar-refractivity contribution in [2.75, 3.05) is 0 Å². The molecule has 0 aromatic heterocycles. The van der Waals surface area contributed by atoms with Gasteiger partial charge >= 0.3 is 60.8 Å². The second-order valence-electron chi connectivity index (χ2n) is 0.408. The number of rotatable bonds is 0. The summed E-state index contributed by atoms with van der Waals surface area (Å²) in [5, 5.41) is 0. The fourth-order valence-electron chi connectivity index (χ4n) is 0. The van der Waals surface area contributed by atoms with Crippen LogP contribution in [0.3, 0.4) is 0 Å². The van der Waals surface area contributed by atoms with Gasteiger partial charge in [0, 0.05) is 0 Å². The molecule has 0 unspecified atom stereocenters. The summed E-state index contributed by atoms with van der Waals surface area (Å²) < 4.78 is 50.7. The fraction of sp³-hybridized carbons (Fsp3) is 0. The second-order valence-corrected chi connectivity index (χ2v) is 1.22. The van der Waals surface area contributed by atoms with Gasteiger partial charge in [-0.2, -0.15) is 0 Å². The van der Waals surface area contributed by atoms with E-state index in [1.807, 2.05) is 0 Å². The summed E-state index contributed by atoms with van der Waals surface area (Å²) >= 11 is -6.22. The molecule has 0 bridgehead atoms. The molecule has 56 valence electrons. The normalized spacial score (nSPS) is 7.00. The van der Waals surface area contributed by atoms with E-state index < -0.39 is 22.7 Å². The second kappa shape index (κ2) is 17.3. The van der Waals surface area contributed by atoms with E-state index >= 15 is 0 Å². The first-order valence-electron chi connectivity index (χ1n) is 1.00. The van der Waals surface area contributed by atoms with Crippen LogP contribution in [0.4, 0.5) is 0 Å². The van der Waals surface area contributed by atoms with Crippen LogP contribution in [0.15, 0.2) is 0 Å². The van der Waals surface area contributed by atoms with Crippen molar-refractivity contribution in [2.24, 2.45) is 0 Å². The van der Waals surface area contributed by atoms with Gasteiger partial charge in [0.05, 0.1) is 0 Å². The van der Waals surface area contributed by atoms with Crippen molar-refractivity contribution in [2.45, 2.75) is 0 Å². The molecule has 0 heterocycles. The quantitative estimate of drug-likeness (QED) is 0.331. The van der Waals surface area contributed by atoms with Crippen LogP contribution in [0.5, 0.6) is 0 Å². The Morgan fingerprint density at radius 2 is 0.900 bits per heavy atom. The molecule has 0 aliphatic rings. The standard InChI is InChI=1S/Ca.Mg.2H2O3S.2H/c;;2*1-4(2)3;;/h;;2*(H2,1,2,3);;/q2*+2;;;2*-1/p-4. The molecule has 0 rings (SSSR count). The average molecular weight is 227 g/mol. The minimum absolute atomic E-state index is 0. The van der Waals surface area contributed by atoms with E-state index in [9.17, 15) is 0 Å². The van der Waals surface area contributed by atoms with Crippen LogP contribution < -0.4 is 0 Å². The van der Waals surface area contributed by atoms with Gasteiger partial charge in [0.2, 0.25) is 0 Å².